The summed E-state index contributed by atoms with van der Waals surface area (Å²) in [5.41, 5.74) is 0. The van der Waals surface area contributed by atoms with E-state index in [9.17, 15) is 4.79 Å². The first-order valence-electron chi connectivity index (χ1n) is 7.79. The molecule has 0 saturated carbocycles. The van der Waals surface area contributed by atoms with E-state index in [0.29, 0.717) is 29.7 Å². The van der Waals surface area contributed by atoms with Gasteiger partial charge in [0.25, 0.3) is 5.91 Å². The van der Waals surface area contributed by atoms with E-state index in [4.69, 9.17) is 21.1 Å². The Kier molecular flexibility index (Phi) is 5.48. The summed E-state index contributed by atoms with van der Waals surface area (Å²) in [6, 6.07) is 6.96. The molecule has 24 heavy (non-hydrogen) atoms. The third-order valence-corrected chi connectivity index (χ3v) is 4.05. The fourth-order valence-corrected chi connectivity index (χ4v) is 2.63. The Morgan fingerprint density at radius 3 is 2.62 bits per heavy atom. The minimum absolute atomic E-state index is 0.0251. The van der Waals surface area contributed by atoms with Gasteiger partial charge in [-0.1, -0.05) is 11.6 Å². The molecule has 0 radical (unpaired) electrons. The second-order valence-corrected chi connectivity index (χ2v) is 5.92. The Hall–Kier alpha value is -2.34. The molecule has 2 aromatic rings. The predicted octanol–water partition coefficient (Wildman–Crippen LogP) is 2.58. The van der Waals surface area contributed by atoms with Crippen molar-refractivity contribution in [2.45, 2.75) is 18.9 Å². The van der Waals surface area contributed by atoms with Crippen molar-refractivity contribution in [3.63, 3.8) is 0 Å². The number of rotatable bonds is 5. The van der Waals surface area contributed by atoms with Gasteiger partial charge in [-0.15, -0.1) is 0 Å². The van der Waals surface area contributed by atoms with Crippen LogP contribution in [0.5, 0.6) is 11.6 Å². The maximum atomic E-state index is 12.2. The average Bonchev–Trinajstić information content (AvgIpc) is 2.62. The monoisotopic (exact) mass is 347 g/mol. The molecule has 0 atom stereocenters. The molecule has 1 fully saturated rings. The van der Waals surface area contributed by atoms with Crippen LogP contribution in [-0.4, -0.2) is 46.6 Å². The van der Waals surface area contributed by atoms with Gasteiger partial charge in [-0.05, 0) is 24.3 Å². The van der Waals surface area contributed by atoms with Crippen LogP contribution in [0.25, 0.3) is 0 Å². The predicted molar refractivity (Wildman–Crippen MR) is 89.2 cm³/mol. The van der Waals surface area contributed by atoms with Gasteiger partial charge in [-0.3, -0.25) is 9.78 Å². The van der Waals surface area contributed by atoms with Crippen LogP contribution in [0, 0.1) is 0 Å². The molecule has 1 saturated heterocycles. The van der Waals surface area contributed by atoms with Crippen LogP contribution in [-0.2, 0) is 4.79 Å². The number of halogens is 1. The minimum Gasteiger partial charge on any atom is -0.484 e. The third kappa shape index (κ3) is 4.58. The molecule has 1 aliphatic rings. The van der Waals surface area contributed by atoms with Gasteiger partial charge in [0.15, 0.2) is 6.61 Å². The molecule has 0 aliphatic carbocycles. The molecule has 0 bridgehead atoms. The van der Waals surface area contributed by atoms with Crippen molar-refractivity contribution < 1.29 is 14.3 Å². The second kappa shape index (κ2) is 7.97. The van der Waals surface area contributed by atoms with Gasteiger partial charge >= 0.3 is 0 Å². The zero-order valence-corrected chi connectivity index (χ0v) is 13.9. The number of carbonyl (C=O) groups is 1. The number of piperidine rings is 1. The number of nitrogens with zero attached hydrogens (tertiary/aromatic N) is 3. The molecule has 1 amide bonds. The molecule has 0 unspecified atom stereocenters. The molecule has 2 heterocycles. The van der Waals surface area contributed by atoms with Crippen LogP contribution in [0.15, 0.2) is 42.9 Å². The van der Waals surface area contributed by atoms with Crippen LogP contribution in [0.4, 0.5) is 0 Å². The zero-order valence-electron chi connectivity index (χ0n) is 13.1. The van der Waals surface area contributed by atoms with Crippen molar-refractivity contribution in [3.8, 4) is 11.6 Å². The quantitative estimate of drug-likeness (QED) is 0.831. The van der Waals surface area contributed by atoms with E-state index in [1.54, 1.807) is 47.8 Å². The summed E-state index contributed by atoms with van der Waals surface area (Å²) in [6.45, 7) is 1.32. The highest BCUT2D eigenvalue weighted by molar-refractivity contribution is 6.30. The first-order valence-corrected chi connectivity index (χ1v) is 8.17. The molecule has 0 N–H and O–H groups in total. The van der Waals surface area contributed by atoms with Crippen molar-refractivity contribution in [2.75, 3.05) is 19.7 Å². The largest absolute Gasteiger partial charge is 0.484 e. The maximum absolute atomic E-state index is 12.2. The fourth-order valence-electron chi connectivity index (χ4n) is 2.51. The first-order chi connectivity index (χ1) is 11.7. The molecule has 1 aliphatic heterocycles. The number of carbonyl (C=O) groups excluding carboxylic acids is 1. The fraction of sp³-hybridized carbons (Fsp3) is 0.353. The Morgan fingerprint density at radius 2 is 1.96 bits per heavy atom. The summed E-state index contributed by atoms with van der Waals surface area (Å²) in [6.07, 6.45) is 6.39. The standard InChI is InChI=1S/C17H18ClN3O3/c18-13-1-3-14(4-2-13)23-12-17(22)21-9-5-15(6-10-21)24-16-11-19-7-8-20-16/h1-4,7-8,11,15H,5-6,9-10,12H2. The van der Waals surface area contributed by atoms with Crippen molar-refractivity contribution in [1.29, 1.82) is 0 Å². The van der Waals surface area contributed by atoms with Gasteiger partial charge in [0.2, 0.25) is 5.88 Å². The summed E-state index contributed by atoms with van der Waals surface area (Å²) >= 11 is 5.82. The van der Waals surface area contributed by atoms with Crippen molar-refractivity contribution in [2.24, 2.45) is 0 Å². The van der Waals surface area contributed by atoms with Crippen LogP contribution in [0.1, 0.15) is 12.8 Å². The van der Waals surface area contributed by atoms with Crippen molar-refractivity contribution >= 4 is 17.5 Å². The number of hydrogen-bond acceptors (Lipinski definition) is 5. The van der Waals surface area contributed by atoms with Gasteiger partial charge in [0, 0.05) is 43.3 Å². The minimum atomic E-state index is -0.0251. The summed E-state index contributed by atoms with van der Waals surface area (Å²) < 4.78 is 11.3. The molecule has 6 nitrogen and oxygen atoms in total. The lowest BCUT2D eigenvalue weighted by molar-refractivity contribution is -0.135. The normalized spacial score (nSPS) is 15.1. The maximum Gasteiger partial charge on any atom is 0.260 e. The van der Waals surface area contributed by atoms with Gasteiger partial charge in [-0.25, -0.2) is 4.98 Å². The highest BCUT2D eigenvalue weighted by Gasteiger charge is 2.24. The van der Waals surface area contributed by atoms with Crippen LogP contribution >= 0.6 is 11.6 Å². The van der Waals surface area contributed by atoms with Crippen LogP contribution in [0.3, 0.4) is 0 Å². The average molecular weight is 348 g/mol. The number of hydrogen-bond donors (Lipinski definition) is 0. The Balaban J connectivity index is 1.42. The van der Waals surface area contributed by atoms with Gasteiger partial charge < -0.3 is 14.4 Å². The summed E-state index contributed by atoms with van der Waals surface area (Å²) in [5.74, 6) is 1.13. The van der Waals surface area contributed by atoms with E-state index >= 15 is 0 Å². The number of benzene rings is 1. The molecular weight excluding hydrogens is 330 g/mol. The lowest BCUT2D eigenvalue weighted by atomic mass is 10.1. The van der Waals surface area contributed by atoms with E-state index in [1.807, 2.05) is 0 Å². The second-order valence-electron chi connectivity index (χ2n) is 5.48. The van der Waals surface area contributed by atoms with Crippen LogP contribution < -0.4 is 9.47 Å². The van der Waals surface area contributed by atoms with Crippen molar-refractivity contribution in [3.05, 3.63) is 47.9 Å². The topological polar surface area (TPSA) is 64.5 Å². The van der Waals surface area contributed by atoms with E-state index in [-0.39, 0.29) is 18.6 Å². The summed E-state index contributed by atoms with van der Waals surface area (Å²) in [4.78, 5) is 22.1. The summed E-state index contributed by atoms with van der Waals surface area (Å²) in [7, 11) is 0. The molecule has 126 valence electrons. The number of amides is 1. The third-order valence-electron chi connectivity index (χ3n) is 3.80. The molecular formula is C17H18ClN3O3. The molecule has 3 rings (SSSR count). The lowest BCUT2D eigenvalue weighted by Crippen LogP contribution is -2.43. The van der Waals surface area contributed by atoms with Gasteiger partial charge in [0.05, 0.1) is 6.20 Å². The molecule has 7 heteroatoms. The van der Waals surface area contributed by atoms with Gasteiger partial charge in [0.1, 0.15) is 11.9 Å². The zero-order chi connectivity index (χ0) is 16.8. The Labute approximate surface area is 145 Å². The molecule has 1 aromatic carbocycles. The van der Waals surface area contributed by atoms with Crippen molar-refractivity contribution in [1.82, 2.24) is 14.9 Å². The SMILES string of the molecule is O=C(COc1ccc(Cl)cc1)N1CCC(Oc2cnccn2)CC1. The smallest absolute Gasteiger partial charge is 0.260 e. The van der Waals surface area contributed by atoms with Gasteiger partial charge in [-0.2, -0.15) is 0 Å². The van der Waals surface area contributed by atoms with E-state index < -0.39 is 0 Å². The Morgan fingerprint density at radius 1 is 1.21 bits per heavy atom. The number of aromatic nitrogens is 2. The van der Waals surface area contributed by atoms with E-state index in [0.717, 1.165) is 12.8 Å². The number of likely N-dealkylation sites (tertiary alicyclic amines) is 1. The highest BCUT2D eigenvalue weighted by atomic mass is 35.5. The lowest BCUT2D eigenvalue weighted by Gasteiger charge is -2.31. The van der Waals surface area contributed by atoms with E-state index in [2.05, 4.69) is 9.97 Å². The Bertz CT molecular complexity index is 659. The van der Waals surface area contributed by atoms with Crippen LogP contribution in [0.2, 0.25) is 5.02 Å². The highest BCUT2D eigenvalue weighted by Crippen LogP contribution is 2.18. The summed E-state index contributed by atoms with van der Waals surface area (Å²) in [5, 5.41) is 0.638. The van der Waals surface area contributed by atoms with E-state index in [1.165, 1.54) is 0 Å². The molecule has 0 spiro atoms. The first kappa shape index (κ1) is 16.5. The molecule has 1 aromatic heterocycles. The number of ether oxygens (including phenoxy) is 2.